The van der Waals surface area contributed by atoms with E-state index in [0.717, 1.165) is 22.8 Å². The summed E-state index contributed by atoms with van der Waals surface area (Å²) >= 11 is 0. The van der Waals surface area contributed by atoms with Crippen LogP contribution < -0.4 is 9.47 Å². The van der Waals surface area contributed by atoms with Crippen LogP contribution in [-0.2, 0) is 6.42 Å². The molecule has 7 nitrogen and oxygen atoms in total. The van der Waals surface area contributed by atoms with Crippen LogP contribution in [0.4, 0.5) is 0 Å². The molecule has 0 aliphatic carbocycles. The van der Waals surface area contributed by atoms with Crippen molar-refractivity contribution >= 4 is 0 Å². The molecule has 1 aliphatic rings. The van der Waals surface area contributed by atoms with Crippen molar-refractivity contribution in [1.82, 2.24) is 20.1 Å². The lowest BCUT2D eigenvalue weighted by molar-refractivity contribution is 0.173. The molecule has 0 radical (unpaired) electrons. The highest BCUT2D eigenvalue weighted by atomic mass is 16.7. The zero-order valence-electron chi connectivity index (χ0n) is 12.5. The first-order valence-electron chi connectivity index (χ1n) is 7.27. The van der Waals surface area contributed by atoms with Gasteiger partial charge in [0.1, 0.15) is 0 Å². The smallest absolute Gasteiger partial charge is 0.235 e. The van der Waals surface area contributed by atoms with E-state index < -0.39 is 0 Å². The van der Waals surface area contributed by atoms with E-state index in [1.165, 1.54) is 0 Å². The summed E-state index contributed by atoms with van der Waals surface area (Å²) in [6.45, 7) is 2.20. The van der Waals surface area contributed by atoms with Crippen molar-refractivity contribution < 1.29 is 14.0 Å². The van der Waals surface area contributed by atoms with E-state index >= 15 is 0 Å². The first-order chi connectivity index (χ1) is 11.3. The topological polar surface area (TPSA) is 83.2 Å². The first kappa shape index (κ1) is 13.7. The zero-order valence-corrected chi connectivity index (χ0v) is 12.5. The van der Waals surface area contributed by atoms with Crippen molar-refractivity contribution in [2.24, 2.45) is 0 Å². The second kappa shape index (κ2) is 5.68. The molecule has 3 heterocycles. The predicted molar refractivity (Wildman–Crippen MR) is 79.2 cm³/mol. The lowest BCUT2D eigenvalue weighted by Gasteiger charge is -2.04. The second-order valence-electron chi connectivity index (χ2n) is 5.23. The first-order valence-corrected chi connectivity index (χ1v) is 7.27. The molecule has 0 N–H and O–H groups in total. The summed E-state index contributed by atoms with van der Waals surface area (Å²) in [6, 6.07) is 5.77. The maximum absolute atomic E-state index is 5.50. The van der Waals surface area contributed by atoms with Crippen LogP contribution in [0.5, 0.6) is 11.5 Å². The van der Waals surface area contributed by atoms with Gasteiger partial charge < -0.3 is 14.0 Å². The van der Waals surface area contributed by atoms with Crippen molar-refractivity contribution in [3.63, 3.8) is 0 Å². The van der Waals surface area contributed by atoms with Gasteiger partial charge in [-0.15, -0.1) is 0 Å². The number of nitrogens with zero attached hydrogens (tertiary/aromatic N) is 4. The van der Waals surface area contributed by atoms with Crippen molar-refractivity contribution in [3.8, 4) is 11.5 Å². The van der Waals surface area contributed by atoms with Gasteiger partial charge in [0.25, 0.3) is 0 Å². The normalized spacial score (nSPS) is 14.0. The number of hydrogen-bond acceptors (Lipinski definition) is 7. The average Bonchev–Trinajstić information content (AvgIpc) is 3.25. The van der Waals surface area contributed by atoms with Gasteiger partial charge >= 0.3 is 0 Å². The molecule has 1 unspecified atom stereocenters. The SMILES string of the molecule is CC(c1cnccn1)c1nc(Cc2cccc3c2OCO3)no1. The van der Waals surface area contributed by atoms with Gasteiger partial charge in [-0.3, -0.25) is 9.97 Å². The van der Waals surface area contributed by atoms with E-state index in [1.807, 2.05) is 25.1 Å². The number of hydrogen-bond donors (Lipinski definition) is 0. The van der Waals surface area contributed by atoms with Crippen LogP contribution in [0.2, 0.25) is 0 Å². The summed E-state index contributed by atoms with van der Waals surface area (Å²) in [6.07, 6.45) is 5.49. The van der Waals surface area contributed by atoms with E-state index in [-0.39, 0.29) is 12.7 Å². The summed E-state index contributed by atoms with van der Waals surface area (Å²) in [5.41, 5.74) is 1.76. The minimum absolute atomic E-state index is 0.106. The van der Waals surface area contributed by atoms with Gasteiger partial charge in [0.05, 0.1) is 11.6 Å². The van der Waals surface area contributed by atoms with Gasteiger partial charge in [0.2, 0.25) is 12.7 Å². The summed E-state index contributed by atoms with van der Waals surface area (Å²) in [4.78, 5) is 12.8. The molecule has 7 heteroatoms. The summed E-state index contributed by atoms with van der Waals surface area (Å²) < 4.78 is 16.2. The van der Waals surface area contributed by atoms with Crippen molar-refractivity contribution in [2.45, 2.75) is 19.3 Å². The average molecular weight is 310 g/mol. The minimum atomic E-state index is -0.106. The molecule has 0 bridgehead atoms. The highest BCUT2D eigenvalue weighted by Crippen LogP contribution is 2.36. The highest BCUT2D eigenvalue weighted by molar-refractivity contribution is 5.49. The van der Waals surface area contributed by atoms with Crippen molar-refractivity contribution in [2.75, 3.05) is 6.79 Å². The molecule has 0 fully saturated rings. The molecule has 0 spiro atoms. The fourth-order valence-electron chi connectivity index (χ4n) is 2.48. The Labute approximate surface area is 132 Å². The number of fused-ring (bicyclic) bond motifs is 1. The number of benzene rings is 1. The molecular weight excluding hydrogens is 296 g/mol. The molecule has 23 heavy (non-hydrogen) atoms. The van der Waals surface area contributed by atoms with Crippen LogP contribution in [0.25, 0.3) is 0 Å². The molecule has 116 valence electrons. The Balaban J connectivity index is 1.56. The van der Waals surface area contributed by atoms with Crippen LogP contribution >= 0.6 is 0 Å². The Morgan fingerprint density at radius 3 is 3.04 bits per heavy atom. The fourth-order valence-corrected chi connectivity index (χ4v) is 2.48. The lowest BCUT2D eigenvalue weighted by Crippen LogP contribution is -2.00. The lowest BCUT2D eigenvalue weighted by atomic mass is 10.1. The fraction of sp³-hybridized carbons (Fsp3) is 0.250. The highest BCUT2D eigenvalue weighted by Gasteiger charge is 2.21. The van der Waals surface area contributed by atoms with Crippen molar-refractivity contribution in [3.05, 3.63) is 59.8 Å². The second-order valence-corrected chi connectivity index (χ2v) is 5.23. The molecule has 2 aromatic heterocycles. The number of para-hydroxylation sites is 1. The van der Waals surface area contributed by atoms with E-state index in [0.29, 0.717) is 18.1 Å². The standard InChI is InChI=1S/C16H14N4O3/c1-10(12-8-17-5-6-18-12)16-19-14(20-23-16)7-11-3-2-4-13-15(11)22-9-21-13/h2-6,8,10H,7,9H2,1H3. The Kier molecular flexibility index (Phi) is 3.38. The van der Waals surface area contributed by atoms with E-state index in [4.69, 9.17) is 14.0 Å². The van der Waals surface area contributed by atoms with Gasteiger partial charge in [-0.05, 0) is 13.0 Å². The van der Waals surface area contributed by atoms with Gasteiger partial charge in [0, 0.05) is 30.6 Å². The van der Waals surface area contributed by atoms with Crippen LogP contribution in [0.1, 0.15) is 35.8 Å². The van der Waals surface area contributed by atoms with Gasteiger partial charge in [0.15, 0.2) is 17.3 Å². The minimum Gasteiger partial charge on any atom is -0.454 e. The Morgan fingerprint density at radius 1 is 1.22 bits per heavy atom. The van der Waals surface area contributed by atoms with Crippen LogP contribution in [0, 0.1) is 0 Å². The van der Waals surface area contributed by atoms with Crippen LogP contribution in [0.3, 0.4) is 0 Å². The molecule has 0 saturated heterocycles. The van der Waals surface area contributed by atoms with Crippen molar-refractivity contribution in [1.29, 1.82) is 0 Å². The third-order valence-corrected chi connectivity index (χ3v) is 3.71. The quantitative estimate of drug-likeness (QED) is 0.731. The molecule has 4 rings (SSSR count). The molecule has 1 aliphatic heterocycles. The summed E-state index contributed by atoms with van der Waals surface area (Å²) in [5.74, 6) is 2.51. The summed E-state index contributed by atoms with van der Waals surface area (Å²) in [7, 11) is 0. The van der Waals surface area contributed by atoms with Crippen LogP contribution in [-0.4, -0.2) is 26.9 Å². The molecule has 1 aromatic carbocycles. The maximum Gasteiger partial charge on any atom is 0.235 e. The van der Waals surface area contributed by atoms with E-state index in [9.17, 15) is 0 Å². The predicted octanol–water partition coefficient (Wildman–Crippen LogP) is 2.33. The van der Waals surface area contributed by atoms with Gasteiger partial charge in [-0.1, -0.05) is 17.3 Å². The number of rotatable bonds is 4. The molecule has 3 aromatic rings. The molecular formula is C16H14N4O3. The van der Waals surface area contributed by atoms with Gasteiger partial charge in [-0.25, -0.2) is 0 Å². The third kappa shape index (κ3) is 2.61. The molecule has 0 amide bonds. The van der Waals surface area contributed by atoms with Gasteiger partial charge in [-0.2, -0.15) is 4.98 Å². The Hall–Kier alpha value is -2.96. The zero-order chi connectivity index (χ0) is 15.6. The van der Waals surface area contributed by atoms with E-state index in [1.54, 1.807) is 18.6 Å². The van der Waals surface area contributed by atoms with E-state index in [2.05, 4.69) is 20.1 Å². The number of ether oxygens (including phenoxy) is 2. The van der Waals surface area contributed by atoms with Crippen LogP contribution in [0.15, 0.2) is 41.3 Å². The summed E-state index contributed by atoms with van der Waals surface area (Å²) in [5, 5.41) is 4.05. The third-order valence-electron chi connectivity index (χ3n) is 3.71. The Bertz CT molecular complexity index is 819. The Morgan fingerprint density at radius 2 is 2.17 bits per heavy atom. The molecule has 0 saturated carbocycles. The molecule has 1 atom stereocenters. The monoisotopic (exact) mass is 310 g/mol. The number of aromatic nitrogens is 4. The largest absolute Gasteiger partial charge is 0.454 e. The maximum atomic E-state index is 5.50.